The molecule has 3 rings (SSSR count). The third-order valence-corrected chi connectivity index (χ3v) is 6.16. The second kappa shape index (κ2) is 10.4. The highest BCUT2D eigenvalue weighted by Crippen LogP contribution is 2.20. The molecule has 0 aliphatic carbocycles. The Morgan fingerprint density at radius 1 is 1.17 bits per heavy atom. The van der Waals surface area contributed by atoms with Crippen LogP contribution < -0.4 is 14.9 Å². The molecular weight excluding hydrogens is 407 g/mol. The van der Waals surface area contributed by atoms with Crippen molar-refractivity contribution in [1.82, 2.24) is 19.9 Å². The van der Waals surface area contributed by atoms with Crippen LogP contribution in [0.1, 0.15) is 6.92 Å². The molecule has 2 N–H and O–H groups in total. The summed E-state index contributed by atoms with van der Waals surface area (Å²) in [4.78, 5) is 12.6. The monoisotopic (exact) mass is 434 g/mol. The van der Waals surface area contributed by atoms with E-state index >= 15 is 0 Å². The van der Waals surface area contributed by atoms with Crippen LogP contribution in [-0.2, 0) is 10.0 Å². The minimum absolute atomic E-state index is 0.130. The minimum atomic E-state index is -3.60. The fourth-order valence-corrected chi connectivity index (χ4v) is 4.21. The maximum absolute atomic E-state index is 14.0. The van der Waals surface area contributed by atoms with Crippen molar-refractivity contribution in [2.24, 2.45) is 4.99 Å². The molecule has 1 saturated heterocycles. The third-order valence-electron chi connectivity index (χ3n) is 4.72. The second-order valence-corrected chi connectivity index (χ2v) is 8.51. The Morgan fingerprint density at radius 3 is 2.60 bits per heavy atom. The van der Waals surface area contributed by atoms with E-state index in [2.05, 4.69) is 24.9 Å². The van der Waals surface area contributed by atoms with Crippen molar-refractivity contribution >= 4 is 21.7 Å². The first-order chi connectivity index (χ1) is 14.5. The van der Waals surface area contributed by atoms with Crippen LogP contribution in [0.25, 0.3) is 0 Å². The molecule has 0 bridgehead atoms. The van der Waals surface area contributed by atoms with E-state index in [0.29, 0.717) is 45.0 Å². The first-order valence-corrected chi connectivity index (χ1v) is 11.4. The van der Waals surface area contributed by atoms with Crippen LogP contribution in [0.3, 0.4) is 0 Å². The molecule has 0 amide bonds. The van der Waals surface area contributed by atoms with Gasteiger partial charge in [-0.1, -0.05) is 12.1 Å². The van der Waals surface area contributed by atoms with Crippen molar-refractivity contribution in [3.63, 3.8) is 0 Å². The lowest BCUT2D eigenvalue weighted by Gasteiger charge is -2.37. The molecule has 1 aromatic heterocycles. The summed E-state index contributed by atoms with van der Waals surface area (Å²) < 4.78 is 41.0. The van der Waals surface area contributed by atoms with Gasteiger partial charge in [0.05, 0.1) is 12.2 Å². The van der Waals surface area contributed by atoms with Gasteiger partial charge in [-0.25, -0.2) is 17.5 Å². The molecule has 0 radical (unpaired) electrons. The molecule has 1 aliphatic heterocycles. The van der Waals surface area contributed by atoms with Gasteiger partial charge in [-0.15, -0.1) is 0 Å². The van der Waals surface area contributed by atoms with Crippen LogP contribution in [0.4, 0.5) is 10.1 Å². The summed E-state index contributed by atoms with van der Waals surface area (Å²) in [6.45, 7) is 5.92. The van der Waals surface area contributed by atoms with Crippen molar-refractivity contribution in [1.29, 1.82) is 0 Å². The Morgan fingerprint density at radius 2 is 1.93 bits per heavy atom. The highest BCUT2D eigenvalue weighted by atomic mass is 32.2. The van der Waals surface area contributed by atoms with Crippen molar-refractivity contribution in [3.8, 4) is 0 Å². The highest BCUT2D eigenvalue weighted by Gasteiger charge is 2.21. The molecule has 2 aromatic rings. The zero-order valence-electron chi connectivity index (χ0n) is 17.0. The van der Waals surface area contributed by atoms with E-state index in [4.69, 9.17) is 0 Å². The Bertz CT molecular complexity index is 947. The summed E-state index contributed by atoms with van der Waals surface area (Å²) in [5.74, 6) is 0.513. The van der Waals surface area contributed by atoms with E-state index in [0.717, 1.165) is 5.96 Å². The molecule has 162 valence electrons. The normalized spacial score (nSPS) is 15.3. The van der Waals surface area contributed by atoms with Gasteiger partial charge in [-0.05, 0) is 31.2 Å². The molecule has 30 heavy (non-hydrogen) atoms. The first-order valence-electron chi connectivity index (χ1n) is 9.93. The van der Waals surface area contributed by atoms with Crippen LogP contribution in [0.15, 0.2) is 58.7 Å². The Kier molecular flexibility index (Phi) is 7.58. The zero-order valence-corrected chi connectivity index (χ0v) is 17.8. The number of rotatable bonds is 7. The number of nitrogens with one attached hydrogen (secondary N) is 2. The molecule has 1 fully saturated rings. The average Bonchev–Trinajstić information content (AvgIpc) is 2.77. The van der Waals surface area contributed by atoms with E-state index in [-0.39, 0.29) is 17.3 Å². The number of sulfonamides is 1. The number of hydrogen-bond acceptors (Lipinski definition) is 5. The van der Waals surface area contributed by atoms with E-state index in [9.17, 15) is 12.8 Å². The van der Waals surface area contributed by atoms with Gasteiger partial charge in [-0.2, -0.15) is 0 Å². The fourth-order valence-electron chi connectivity index (χ4n) is 3.22. The van der Waals surface area contributed by atoms with Gasteiger partial charge in [0, 0.05) is 51.7 Å². The predicted molar refractivity (Wildman–Crippen MR) is 116 cm³/mol. The van der Waals surface area contributed by atoms with E-state index in [1.165, 1.54) is 24.5 Å². The number of guanidine groups is 1. The highest BCUT2D eigenvalue weighted by molar-refractivity contribution is 7.89. The number of benzene rings is 1. The molecule has 1 aliphatic rings. The Balaban J connectivity index is 1.54. The Hall–Kier alpha value is -2.72. The number of pyridine rings is 1. The molecule has 8 nitrogen and oxygen atoms in total. The molecule has 0 saturated carbocycles. The summed E-state index contributed by atoms with van der Waals surface area (Å²) in [5, 5.41) is 3.24. The smallest absolute Gasteiger partial charge is 0.242 e. The zero-order chi connectivity index (χ0) is 21.4. The SMILES string of the molecule is CCNC(=NCCNS(=O)(=O)c1cccnc1)N1CCN(c2ccccc2F)CC1. The number of para-hydroxylation sites is 1. The van der Waals surface area contributed by atoms with Gasteiger partial charge in [0.25, 0.3) is 0 Å². The number of anilines is 1. The van der Waals surface area contributed by atoms with Crippen LogP contribution in [0, 0.1) is 5.82 Å². The lowest BCUT2D eigenvalue weighted by atomic mass is 10.2. The van der Waals surface area contributed by atoms with Gasteiger partial charge >= 0.3 is 0 Å². The van der Waals surface area contributed by atoms with Crippen molar-refractivity contribution in [3.05, 3.63) is 54.6 Å². The fraction of sp³-hybridized carbons (Fsp3) is 0.400. The quantitative estimate of drug-likeness (QED) is 0.388. The van der Waals surface area contributed by atoms with E-state index in [1.54, 1.807) is 18.2 Å². The molecular formula is C20H27FN6O2S. The standard InChI is InChI=1S/C20H27FN6O2S/c1-2-23-20(24-10-11-25-30(28,29)17-6-5-9-22-16-17)27-14-12-26(13-15-27)19-8-4-3-7-18(19)21/h3-9,16,25H,2,10-15H2,1H3,(H,23,24). The lowest BCUT2D eigenvalue weighted by molar-refractivity contribution is 0.371. The molecule has 10 heteroatoms. The molecule has 1 aromatic carbocycles. The largest absolute Gasteiger partial charge is 0.366 e. The topological polar surface area (TPSA) is 89.9 Å². The minimum Gasteiger partial charge on any atom is -0.366 e. The third kappa shape index (κ3) is 5.67. The van der Waals surface area contributed by atoms with Crippen LogP contribution in [0.2, 0.25) is 0 Å². The van der Waals surface area contributed by atoms with Crippen LogP contribution in [-0.4, -0.2) is 70.1 Å². The van der Waals surface area contributed by atoms with Gasteiger partial charge in [0.15, 0.2) is 5.96 Å². The molecule has 2 heterocycles. The number of aliphatic imine (C=N–C) groups is 1. The first kappa shape index (κ1) is 22.0. The van der Waals surface area contributed by atoms with Gasteiger partial charge in [-0.3, -0.25) is 9.98 Å². The number of halogens is 1. The van der Waals surface area contributed by atoms with Gasteiger partial charge in [0.1, 0.15) is 10.7 Å². The lowest BCUT2D eigenvalue weighted by Crippen LogP contribution is -2.52. The average molecular weight is 435 g/mol. The number of nitrogens with zero attached hydrogens (tertiary/aromatic N) is 4. The summed E-state index contributed by atoms with van der Waals surface area (Å²) in [6, 6.07) is 9.86. The van der Waals surface area contributed by atoms with Gasteiger partial charge < -0.3 is 15.1 Å². The summed E-state index contributed by atoms with van der Waals surface area (Å²) >= 11 is 0. The van der Waals surface area contributed by atoms with E-state index < -0.39 is 10.0 Å². The Labute approximate surface area is 176 Å². The molecule has 0 spiro atoms. The summed E-state index contributed by atoms with van der Waals surface area (Å²) in [6.07, 6.45) is 2.84. The summed E-state index contributed by atoms with van der Waals surface area (Å²) in [7, 11) is -3.60. The van der Waals surface area contributed by atoms with Crippen molar-refractivity contribution < 1.29 is 12.8 Å². The number of hydrogen-bond donors (Lipinski definition) is 2. The van der Waals surface area contributed by atoms with Crippen molar-refractivity contribution in [2.45, 2.75) is 11.8 Å². The van der Waals surface area contributed by atoms with Crippen molar-refractivity contribution in [2.75, 3.05) is 50.7 Å². The predicted octanol–water partition coefficient (Wildman–Crippen LogP) is 1.29. The molecule has 0 unspecified atom stereocenters. The summed E-state index contributed by atoms with van der Waals surface area (Å²) in [5.41, 5.74) is 0.615. The van der Waals surface area contributed by atoms with Crippen LogP contribution in [0.5, 0.6) is 0 Å². The van der Waals surface area contributed by atoms with E-state index in [1.807, 2.05) is 17.9 Å². The maximum Gasteiger partial charge on any atom is 0.242 e. The number of piperazine rings is 1. The van der Waals surface area contributed by atoms with Gasteiger partial charge in [0.2, 0.25) is 10.0 Å². The second-order valence-electron chi connectivity index (χ2n) is 6.75. The number of aromatic nitrogens is 1. The molecule has 0 atom stereocenters. The van der Waals surface area contributed by atoms with Crippen LogP contribution >= 0.6 is 0 Å². The maximum atomic E-state index is 14.0.